The number of carbonyl (C=O) groups excluding carboxylic acids is 1. The van der Waals surface area contributed by atoms with Gasteiger partial charge in [-0.25, -0.2) is 4.68 Å². The number of piperidine rings is 1. The second-order valence-corrected chi connectivity index (χ2v) is 9.09. The predicted molar refractivity (Wildman–Crippen MR) is 131 cm³/mol. The molecule has 1 fully saturated rings. The highest BCUT2D eigenvalue weighted by Gasteiger charge is 2.26. The van der Waals surface area contributed by atoms with Gasteiger partial charge >= 0.3 is 0 Å². The van der Waals surface area contributed by atoms with Gasteiger partial charge < -0.3 is 10.2 Å². The Balaban J connectivity index is 1.35. The van der Waals surface area contributed by atoms with Crippen LogP contribution in [-0.2, 0) is 17.9 Å². The first-order valence-corrected chi connectivity index (χ1v) is 11.7. The maximum Gasteiger partial charge on any atom is 0.269 e. The molecule has 2 heterocycles. The molecule has 3 aromatic rings. The lowest BCUT2D eigenvalue weighted by atomic mass is 9.96. The molecular formula is C27H32N4O2. The van der Waals surface area contributed by atoms with E-state index in [-0.39, 0.29) is 17.4 Å². The maximum atomic E-state index is 12.8. The zero-order valence-electron chi connectivity index (χ0n) is 19.4. The smallest absolute Gasteiger partial charge is 0.269 e. The molecule has 0 radical (unpaired) electrons. The van der Waals surface area contributed by atoms with Gasteiger partial charge in [0.1, 0.15) is 0 Å². The Kier molecular flexibility index (Phi) is 7.23. The van der Waals surface area contributed by atoms with Gasteiger partial charge in [0.25, 0.3) is 5.56 Å². The lowest BCUT2D eigenvalue weighted by Crippen LogP contribution is -2.43. The van der Waals surface area contributed by atoms with Crippen LogP contribution in [0.3, 0.4) is 0 Å². The normalized spacial score (nSPS) is 16.1. The first kappa shape index (κ1) is 22.8. The van der Waals surface area contributed by atoms with Crippen LogP contribution in [0.1, 0.15) is 49.3 Å². The van der Waals surface area contributed by atoms with Crippen molar-refractivity contribution in [1.29, 1.82) is 0 Å². The number of benzene rings is 2. The minimum Gasteiger partial charge on any atom is -0.369 e. The number of amides is 1. The third-order valence-corrected chi connectivity index (χ3v) is 6.30. The molecule has 172 valence electrons. The van der Waals surface area contributed by atoms with E-state index in [2.05, 4.69) is 53.4 Å². The number of aromatic nitrogens is 2. The molecular weight excluding hydrogens is 412 g/mol. The summed E-state index contributed by atoms with van der Waals surface area (Å²) < 4.78 is 1.47. The van der Waals surface area contributed by atoms with Gasteiger partial charge in [-0.1, -0.05) is 68.4 Å². The first-order chi connectivity index (χ1) is 16.0. The third kappa shape index (κ3) is 5.89. The predicted octanol–water partition coefficient (Wildman–Crippen LogP) is 3.95. The second-order valence-electron chi connectivity index (χ2n) is 9.09. The molecule has 1 aliphatic rings. The summed E-state index contributed by atoms with van der Waals surface area (Å²) in [5, 5.41) is 7.47. The summed E-state index contributed by atoms with van der Waals surface area (Å²) in [5.74, 6) is 0.468. The second kappa shape index (κ2) is 10.5. The minimum absolute atomic E-state index is 0.0676. The van der Waals surface area contributed by atoms with Crippen molar-refractivity contribution in [2.75, 3.05) is 18.0 Å². The molecule has 1 aliphatic heterocycles. The number of nitrogens with zero attached hydrogens (tertiary/aromatic N) is 3. The third-order valence-electron chi connectivity index (χ3n) is 6.30. The molecule has 6 heteroatoms. The van der Waals surface area contributed by atoms with Crippen LogP contribution in [-0.4, -0.2) is 28.8 Å². The van der Waals surface area contributed by atoms with Crippen molar-refractivity contribution in [2.45, 2.75) is 45.7 Å². The standard InChI is InChI=1S/C27H32N4O2/c1-20(2)23-12-10-21(11-13-23)16-28-27(33)24-9-6-14-30(19-24)25-15-26(32)31(29-17-25)18-22-7-4-3-5-8-22/h3-5,7-8,10-13,15,17,20,24H,6,9,14,16,18-19H2,1-2H3,(H,28,33)/t24-/m0/s1. The molecule has 2 aromatic carbocycles. The SMILES string of the molecule is CC(C)c1ccc(CNC(=O)[C@H]2CCCN(c3cnn(Cc4ccccc4)c(=O)c3)C2)cc1. The zero-order chi connectivity index (χ0) is 23.2. The van der Waals surface area contributed by atoms with Gasteiger partial charge in [-0.05, 0) is 35.4 Å². The van der Waals surface area contributed by atoms with E-state index < -0.39 is 0 Å². The van der Waals surface area contributed by atoms with Gasteiger partial charge in [-0.2, -0.15) is 5.10 Å². The number of hydrogen-bond donors (Lipinski definition) is 1. The number of rotatable bonds is 7. The zero-order valence-corrected chi connectivity index (χ0v) is 19.4. The summed E-state index contributed by atoms with van der Waals surface area (Å²) >= 11 is 0. The number of anilines is 1. The molecule has 0 saturated carbocycles. The van der Waals surface area contributed by atoms with E-state index in [4.69, 9.17) is 0 Å². The van der Waals surface area contributed by atoms with E-state index in [1.165, 1.54) is 10.2 Å². The van der Waals surface area contributed by atoms with Crippen molar-refractivity contribution in [3.05, 3.63) is 93.9 Å². The lowest BCUT2D eigenvalue weighted by Gasteiger charge is -2.33. The summed E-state index contributed by atoms with van der Waals surface area (Å²) in [7, 11) is 0. The van der Waals surface area contributed by atoms with Crippen molar-refractivity contribution < 1.29 is 4.79 Å². The molecule has 1 aromatic heterocycles. The average molecular weight is 445 g/mol. The Morgan fingerprint density at radius 3 is 2.55 bits per heavy atom. The molecule has 1 saturated heterocycles. The van der Waals surface area contributed by atoms with Crippen LogP contribution in [0.25, 0.3) is 0 Å². The number of hydrogen-bond acceptors (Lipinski definition) is 4. The van der Waals surface area contributed by atoms with Crippen LogP contribution in [0.15, 0.2) is 71.7 Å². The van der Waals surface area contributed by atoms with Crippen LogP contribution in [0.2, 0.25) is 0 Å². The minimum atomic E-state index is -0.132. The fourth-order valence-electron chi connectivity index (χ4n) is 4.25. The van der Waals surface area contributed by atoms with Gasteiger partial charge in [0.15, 0.2) is 0 Å². The van der Waals surface area contributed by atoms with Gasteiger partial charge in [0.2, 0.25) is 5.91 Å². The van der Waals surface area contributed by atoms with Crippen molar-refractivity contribution >= 4 is 11.6 Å². The Morgan fingerprint density at radius 2 is 1.85 bits per heavy atom. The highest BCUT2D eigenvalue weighted by Crippen LogP contribution is 2.22. The molecule has 33 heavy (non-hydrogen) atoms. The number of carbonyl (C=O) groups is 1. The Bertz CT molecular complexity index is 1120. The van der Waals surface area contributed by atoms with Crippen molar-refractivity contribution in [2.24, 2.45) is 5.92 Å². The summed E-state index contributed by atoms with van der Waals surface area (Å²) in [4.78, 5) is 27.6. The lowest BCUT2D eigenvalue weighted by molar-refractivity contribution is -0.125. The molecule has 4 rings (SSSR count). The average Bonchev–Trinajstić information content (AvgIpc) is 2.84. The van der Waals surface area contributed by atoms with Crippen molar-refractivity contribution in [3.63, 3.8) is 0 Å². The fourth-order valence-corrected chi connectivity index (χ4v) is 4.25. The fraction of sp³-hybridized carbons (Fsp3) is 0.370. The number of nitrogens with one attached hydrogen (secondary N) is 1. The van der Waals surface area contributed by atoms with E-state index in [9.17, 15) is 9.59 Å². The monoisotopic (exact) mass is 444 g/mol. The summed E-state index contributed by atoms with van der Waals surface area (Å²) in [6.07, 6.45) is 3.50. The molecule has 0 spiro atoms. The van der Waals surface area contributed by atoms with Crippen molar-refractivity contribution in [3.8, 4) is 0 Å². The largest absolute Gasteiger partial charge is 0.369 e. The molecule has 6 nitrogen and oxygen atoms in total. The molecule has 0 unspecified atom stereocenters. The van der Waals surface area contributed by atoms with Crippen LogP contribution in [0, 0.1) is 5.92 Å². The molecule has 1 N–H and O–H groups in total. The molecule has 1 amide bonds. The van der Waals surface area contributed by atoms with Gasteiger partial charge in [-0.3, -0.25) is 9.59 Å². The topological polar surface area (TPSA) is 67.2 Å². The molecule has 0 bridgehead atoms. The summed E-state index contributed by atoms with van der Waals surface area (Å²) in [6, 6.07) is 19.9. The van der Waals surface area contributed by atoms with Gasteiger partial charge in [0, 0.05) is 25.7 Å². The van der Waals surface area contributed by atoms with E-state index in [0.717, 1.165) is 36.2 Å². The van der Waals surface area contributed by atoms with Crippen LogP contribution in [0.5, 0.6) is 0 Å². The van der Waals surface area contributed by atoms with E-state index in [0.29, 0.717) is 25.6 Å². The van der Waals surface area contributed by atoms with E-state index in [1.807, 2.05) is 30.3 Å². The quantitative estimate of drug-likeness (QED) is 0.599. The van der Waals surface area contributed by atoms with Crippen LogP contribution < -0.4 is 15.8 Å². The van der Waals surface area contributed by atoms with Crippen LogP contribution in [0.4, 0.5) is 5.69 Å². The highest BCUT2D eigenvalue weighted by atomic mass is 16.2. The van der Waals surface area contributed by atoms with Gasteiger partial charge in [0.05, 0.1) is 24.3 Å². The van der Waals surface area contributed by atoms with E-state index >= 15 is 0 Å². The van der Waals surface area contributed by atoms with Crippen LogP contribution >= 0.6 is 0 Å². The Labute approximate surface area is 195 Å². The summed E-state index contributed by atoms with van der Waals surface area (Å²) in [5.41, 5.74) is 4.09. The highest BCUT2D eigenvalue weighted by molar-refractivity contribution is 5.79. The maximum absolute atomic E-state index is 12.8. The first-order valence-electron chi connectivity index (χ1n) is 11.7. The van der Waals surface area contributed by atoms with E-state index in [1.54, 1.807) is 12.3 Å². The van der Waals surface area contributed by atoms with Gasteiger partial charge in [-0.15, -0.1) is 0 Å². The Hall–Kier alpha value is -3.41. The van der Waals surface area contributed by atoms with Crippen molar-refractivity contribution in [1.82, 2.24) is 15.1 Å². The molecule has 0 aliphatic carbocycles. The Morgan fingerprint density at radius 1 is 1.09 bits per heavy atom. The summed E-state index contributed by atoms with van der Waals surface area (Å²) in [6.45, 7) is 6.75. The molecule has 1 atom stereocenters.